The lowest BCUT2D eigenvalue weighted by Gasteiger charge is -2.28. The molecular formula is C19H27N3O. The predicted molar refractivity (Wildman–Crippen MR) is 91.5 cm³/mol. The Morgan fingerprint density at radius 3 is 2.83 bits per heavy atom. The fourth-order valence-corrected chi connectivity index (χ4v) is 4.47. The maximum atomic E-state index is 12.2. The highest BCUT2D eigenvalue weighted by molar-refractivity contribution is 5.75. The number of amides is 2. The second-order valence-electron chi connectivity index (χ2n) is 7.55. The third kappa shape index (κ3) is 3.09. The van der Waals surface area contributed by atoms with E-state index in [0.717, 1.165) is 26.1 Å². The number of aryl methyl sites for hydroxylation is 1. The molecule has 4 rings (SSSR count). The molecular weight excluding hydrogens is 286 g/mol. The number of fused-ring (bicyclic) bond motifs is 3. The van der Waals surface area contributed by atoms with Crippen molar-refractivity contribution in [1.82, 2.24) is 15.5 Å². The standard InChI is InChI=1S/C19H27N3O/c1-22-10-8-13(9-11-22)12-20-19(23)21-18-16-7-6-14-4-2-3-5-15(14)17(16)18/h2-5,13,16-18H,6-12H2,1H3,(H2,20,21,23). The van der Waals surface area contributed by atoms with Crippen LogP contribution < -0.4 is 10.6 Å². The molecule has 2 amide bonds. The normalized spacial score (nSPS) is 30.2. The second kappa shape index (κ2) is 6.16. The van der Waals surface area contributed by atoms with Crippen molar-refractivity contribution in [3.63, 3.8) is 0 Å². The van der Waals surface area contributed by atoms with E-state index in [9.17, 15) is 4.79 Å². The number of piperidine rings is 1. The lowest BCUT2D eigenvalue weighted by molar-refractivity contribution is 0.209. The zero-order valence-electron chi connectivity index (χ0n) is 13.9. The Bertz CT molecular complexity index is 580. The number of nitrogens with one attached hydrogen (secondary N) is 2. The van der Waals surface area contributed by atoms with Crippen molar-refractivity contribution < 1.29 is 4.79 Å². The number of rotatable bonds is 3. The summed E-state index contributed by atoms with van der Waals surface area (Å²) < 4.78 is 0. The van der Waals surface area contributed by atoms with Crippen LogP contribution in [0.1, 0.15) is 36.3 Å². The van der Waals surface area contributed by atoms with E-state index < -0.39 is 0 Å². The van der Waals surface area contributed by atoms with Gasteiger partial charge in [0.15, 0.2) is 0 Å². The molecule has 0 aromatic heterocycles. The van der Waals surface area contributed by atoms with Crippen LogP contribution in [0.3, 0.4) is 0 Å². The number of carbonyl (C=O) groups is 1. The highest BCUT2D eigenvalue weighted by Crippen LogP contribution is 2.54. The molecule has 4 nitrogen and oxygen atoms in total. The topological polar surface area (TPSA) is 44.4 Å². The van der Waals surface area contributed by atoms with Gasteiger partial charge in [0, 0.05) is 18.5 Å². The fourth-order valence-electron chi connectivity index (χ4n) is 4.47. The summed E-state index contributed by atoms with van der Waals surface area (Å²) in [5, 5.41) is 6.33. The minimum absolute atomic E-state index is 0.0285. The van der Waals surface area contributed by atoms with Gasteiger partial charge >= 0.3 is 6.03 Å². The number of carbonyl (C=O) groups excluding carboxylic acids is 1. The third-order valence-corrected chi connectivity index (χ3v) is 6.02. The SMILES string of the molecule is CN1CCC(CNC(=O)NC2C3CCc4ccccc4C32)CC1. The smallest absolute Gasteiger partial charge is 0.315 e. The largest absolute Gasteiger partial charge is 0.338 e. The summed E-state index contributed by atoms with van der Waals surface area (Å²) in [6, 6.07) is 9.09. The van der Waals surface area contributed by atoms with Crippen molar-refractivity contribution in [2.24, 2.45) is 11.8 Å². The van der Waals surface area contributed by atoms with E-state index in [-0.39, 0.29) is 6.03 Å². The van der Waals surface area contributed by atoms with Gasteiger partial charge in [-0.15, -0.1) is 0 Å². The molecule has 1 saturated heterocycles. The molecule has 2 aliphatic carbocycles. The molecule has 3 aliphatic rings. The molecule has 1 heterocycles. The molecule has 3 atom stereocenters. The molecule has 1 aromatic carbocycles. The van der Waals surface area contributed by atoms with Crippen LogP contribution >= 0.6 is 0 Å². The number of nitrogens with zero attached hydrogens (tertiary/aromatic N) is 1. The van der Waals surface area contributed by atoms with Crippen LogP contribution in [-0.2, 0) is 6.42 Å². The lowest BCUT2D eigenvalue weighted by Crippen LogP contribution is -2.42. The van der Waals surface area contributed by atoms with E-state index in [1.807, 2.05) is 0 Å². The monoisotopic (exact) mass is 313 g/mol. The van der Waals surface area contributed by atoms with E-state index in [0.29, 0.717) is 23.8 Å². The van der Waals surface area contributed by atoms with Gasteiger partial charge in [0.1, 0.15) is 0 Å². The molecule has 1 saturated carbocycles. The maximum Gasteiger partial charge on any atom is 0.315 e. The van der Waals surface area contributed by atoms with Gasteiger partial charge < -0.3 is 15.5 Å². The van der Waals surface area contributed by atoms with Gasteiger partial charge in [0.25, 0.3) is 0 Å². The molecule has 2 fully saturated rings. The number of urea groups is 1. The first-order chi connectivity index (χ1) is 11.2. The molecule has 1 aliphatic heterocycles. The lowest BCUT2D eigenvalue weighted by atomic mass is 9.92. The van der Waals surface area contributed by atoms with E-state index in [1.165, 1.54) is 30.4 Å². The quantitative estimate of drug-likeness (QED) is 0.900. The maximum absolute atomic E-state index is 12.2. The Balaban J connectivity index is 1.26. The summed E-state index contributed by atoms with van der Waals surface area (Å²) in [4.78, 5) is 14.6. The molecule has 124 valence electrons. The Kier molecular flexibility index (Phi) is 4.02. The first-order valence-electron chi connectivity index (χ1n) is 9.03. The molecule has 3 unspecified atom stereocenters. The van der Waals surface area contributed by atoms with E-state index in [2.05, 4.69) is 46.8 Å². The molecule has 4 heteroatoms. The van der Waals surface area contributed by atoms with E-state index >= 15 is 0 Å². The Labute approximate surface area is 138 Å². The number of benzene rings is 1. The predicted octanol–water partition coefficient (Wildman–Crippen LogP) is 2.36. The minimum atomic E-state index is 0.0285. The fraction of sp³-hybridized carbons (Fsp3) is 0.632. The number of likely N-dealkylation sites (tertiary alicyclic amines) is 1. The molecule has 0 bridgehead atoms. The number of hydrogen-bond donors (Lipinski definition) is 2. The van der Waals surface area contributed by atoms with Crippen LogP contribution in [0.2, 0.25) is 0 Å². The van der Waals surface area contributed by atoms with Crippen molar-refractivity contribution in [3.8, 4) is 0 Å². The van der Waals surface area contributed by atoms with E-state index in [4.69, 9.17) is 0 Å². The Morgan fingerprint density at radius 2 is 2.00 bits per heavy atom. The van der Waals surface area contributed by atoms with Crippen molar-refractivity contribution in [3.05, 3.63) is 35.4 Å². The molecule has 23 heavy (non-hydrogen) atoms. The van der Waals surface area contributed by atoms with Gasteiger partial charge in [0.2, 0.25) is 0 Å². The summed E-state index contributed by atoms with van der Waals surface area (Å²) in [6.07, 6.45) is 4.76. The Morgan fingerprint density at radius 1 is 1.22 bits per heavy atom. The van der Waals surface area contributed by atoms with Crippen LogP contribution in [0.25, 0.3) is 0 Å². The zero-order chi connectivity index (χ0) is 15.8. The van der Waals surface area contributed by atoms with Gasteiger partial charge in [0.05, 0.1) is 0 Å². The van der Waals surface area contributed by atoms with Crippen LogP contribution in [0.4, 0.5) is 4.79 Å². The first-order valence-corrected chi connectivity index (χ1v) is 9.03. The average Bonchev–Trinajstić information content (AvgIpc) is 3.28. The summed E-state index contributed by atoms with van der Waals surface area (Å²) in [5.74, 6) is 1.84. The summed E-state index contributed by atoms with van der Waals surface area (Å²) in [6.45, 7) is 3.12. The van der Waals surface area contributed by atoms with Crippen molar-refractivity contribution in [1.29, 1.82) is 0 Å². The molecule has 1 aromatic rings. The van der Waals surface area contributed by atoms with Crippen LogP contribution in [0.5, 0.6) is 0 Å². The van der Waals surface area contributed by atoms with Crippen molar-refractivity contribution in [2.45, 2.75) is 37.6 Å². The molecule has 0 radical (unpaired) electrons. The zero-order valence-corrected chi connectivity index (χ0v) is 13.9. The molecule has 2 N–H and O–H groups in total. The number of hydrogen-bond acceptors (Lipinski definition) is 2. The van der Waals surface area contributed by atoms with Gasteiger partial charge in [-0.05, 0) is 68.8 Å². The summed E-state index contributed by atoms with van der Waals surface area (Å²) >= 11 is 0. The van der Waals surface area contributed by atoms with E-state index in [1.54, 1.807) is 0 Å². The second-order valence-corrected chi connectivity index (χ2v) is 7.55. The van der Waals surface area contributed by atoms with Crippen LogP contribution in [0, 0.1) is 11.8 Å². The molecule has 0 spiro atoms. The van der Waals surface area contributed by atoms with Gasteiger partial charge in [-0.3, -0.25) is 0 Å². The van der Waals surface area contributed by atoms with Gasteiger partial charge in [-0.2, -0.15) is 0 Å². The van der Waals surface area contributed by atoms with Gasteiger partial charge in [-0.1, -0.05) is 24.3 Å². The van der Waals surface area contributed by atoms with Crippen molar-refractivity contribution in [2.75, 3.05) is 26.7 Å². The highest BCUT2D eigenvalue weighted by atomic mass is 16.2. The summed E-state index contributed by atoms with van der Waals surface area (Å²) in [7, 11) is 2.17. The Hall–Kier alpha value is -1.55. The van der Waals surface area contributed by atoms with Crippen LogP contribution in [0.15, 0.2) is 24.3 Å². The van der Waals surface area contributed by atoms with Crippen molar-refractivity contribution >= 4 is 6.03 Å². The van der Waals surface area contributed by atoms with Crippen LogP contribution in [-0.4, -0.2) is 43.7 Å². The van der Waals surface area contributed by atoms with Gasteiger partial charge in [-0.25, -0.2) is 4.79 Å². The average molecular weight is 313 g/mol. The third-order valence-electron chi connectivity index (χ3n) is 6.02. The first kappa shape index (κ1) is 15.0. The summed E-state index contributed by atoms with van der Waals surface area (Å²) in [5.41, 5.74) is 2.94. The highest BCUT2D eigenvalue weighted by Gasteiger charge is 2.53. The minimum Gasteiger partial charge on any atom is -0.338 e.